The van der Waals surface area contributed by atoms with Crippen molar-refractivity contribution in [3.8, 4) is 0 Å². The fourth-order valence-electron chi connectivity index (χ4n) is 2.34. The molecule has 4 nitrogen and oxygen atoms in total. The summed E-state index contributed by atoms with van der Waals surface area (Å²) in [5, 5.41) is 10.2. The van der Waals surface area contributed by atoms with Crippen molar-refractivity contribution in [2.45, 2.75) is 33.4 Å². The molecule has 118 valence electrons. The second-order valence-corrected chi connectivity index (χ2v) is 7.03. The van der Waals surface area contributed by atoms with E-state index in [0.717, 1.165) is 17.2 Å². The zero-order valence-corrected chi connectivity index (χ0v) is 14.1. The quantitative estimate of drug-likeness (QED) is 0.846. The zero-order chi connectivity index (χ0) is 16.1. The van der Waals surface area contributed by atoms with Gasteiger partial charge in [-0.3, -0.25) is 4.90 Å². The molecule has 0 aliphatic carbocycles. The number of thiazole rings is 1. The summed E-state index contributed by atoms with van der Waals surface area (Å²) >= 11 is 1.30. The highest BCUT2D eigenvalue weighted by Crippen LogP contribution is 2.22. The van der Waals surface area contributed by atoms with E-state index in [1.54, 1.807) is 0 Å². The molecule has 1 heterocycles. The summed E-state index contributed by atoms with van der Waals surface area (Å²) in [7, 11) is 2.02. The molecule has 1 aromatic carbocycles. The molecular weight excluding hydrogens is 296 g/mol. The van der Waals surface area contributed by atoms with Crippen LogP contribution in [0.25, 0.3) is 0 Å². The van der Waals surface area contributed by atoms with Crippen molar-refractivity contribution in [2.75, 3.05) is 7.05 Å². The van der Waals surface area contributed by atoms with Gasteiger partial charge in [-0.2, -0.15) is 0 Å². The molecule has 0 saturated carbocycles. The smallest absolute Gasteiger partial charge is 0.347 e. The monoisotopic (exact) mass is 318 g/mol. The Bertz CT molecular complexity index is 623. The molecule has 0 aliphatic rings. The largest absolute Gasteiger partial charge is 0.477 e. The third kappa shape index (κ3) is 4.64. The lowest BCUT2D eigenvalue weighted by Gasteiger charge is -2.14. The van der Waals surface area contributed by atoms with E-state index >= 15 is 0 Å². The number of carboxylic acids is 1. The number of aromatic carboxylic acids is 1. The Balaban J connectivity index is 2.07. The van der Waals surface area contributed by atoms with Crippen molar-refractivity contribution in [3.05, 3.63) is 51.5 Å². The van der Waals surface area contributed by atoms with E-state index in [1.165, 1.54) is 16.9 Å². The van der Waals surface area contributed by atoms with Crippen molar-refractivity contribution >= 4 is 17.3 Å². The van der Waals surface area contributed by atoms with Gasteiger partial charge in [0.25, 0.3) is 0 Å². The van der Waals surface area contributed by atoms with E-state index in [2.05, 4.69) is 35.9 Å². The van der Waals surface area contributed by atoms with Gasteiger partial charge in [0.05, 0.1) is 12.2 Å². The minimum Gasteiger partial charge on any atom is -0.477 e. The third-order valence-electron chi connectivity index (χ3n) is 3.24. The van der Waals surface area contributed by atoms with Crippen LogP contribution in [0, 0.1) is 5.92 Å². The molecular formula is C17H22N2O2S. The van der Waals surface area contributed by atoms with Gasteiger partial charge in [-0.05, 0) is 24.9 Å². The van der Waals surface area contributed by atoms with Gasteiger partial charge in [-0.15, -0.1) is 11.3 Å². The van der Waals surface area contributed by atoms with E-state index < -0.39 is 5.97 Å². The average Bonchev–Trinajstić information content (AvgIpc) is 2.81. The SMILES string of the molecule is CC(C)Cc1nc(CN(C)Cc2ccccc2)sc1C(=O)O. The van der Waals surface area contributed by atoms with Crippen LogP contribution in [-0.4, -0.2) is 28.0 Å². The van der Waals surface area contributed by atoms with E-state index in [-0.39, 0.29) is 0 Å². The Morgan fingerprint density at radius 1 is 1.27 bits per heavy atom. The van der Waals surface area contributed by atoms with Gasteiger partial charge in [-0.25, -0.2) is 9.78 Å². The molecule has 22 heavy (non-hydrogen) atoms. The predicted octanol–water partition coefficient (Wildman–Crippen LogP) is 3.67. The van der Waals surface area contributed by atoms with Crippen LogP contribution < -0.4 is 0 Å². The second kappa shape index (κ2) is 7.51. The Kier molecular flexibility index (Phi) is 5.69. The highest BCUT2D eigenvalue weighted by atomic mass is 32.1. The van der Waals surface area contributed by atoms with Crippen LogP contribution >= 0.6 is 11.3 Å². The second-order valence-electron chi connectivity index (χ2n) is 5.94. The van der Waals surface area contributed by atoms with Gasteiger partial charge in [0, 0.05) is 6.54 Å². The first-order valence-corrected chi connectivity index (χ1v) is 8.21. The van der Waals surface area contributed by atoms with Crippen molar-refractivity contribution in [2.24, 2.45) is 5.92 Å². The maximum atomic E-state index is 11.4. The van der Waals surface area contributed by atoms with Gasteiger partial charge in [0.1, 0.15) is 9.88 Å². The summed E-state index contributed by atoms with van der Waals surface area (Å²) < 4.78 is 0. The summed E-state index contributed by atoms with van der Waals surface area (Å²) in [5.74, 6) is -0.472. The van der Waals surface area contributed by atoms with Crippen LogP contribution in [0.2, 0.25) is 0 Å². The molecule has 2 rings (SSSR count). The van der Waals surface area contributed by atoms with Crippen LogP contribution in [0.5, 0.6) is 0 Å². The minimum absolute atomic E-state index is 0.386. The highest BCUT2D eigenvalue weighted by Gasteiger charge is 2.18. The van der Waals surface area contributed by atoms with Crippen molar-refractivity contribution < 1.29 is 9.90 Å². The number of carboxylic acid groups (broad SMARTS) is 1. The van der Waals surface area contributed by atoms with E-state index in [0.29, 0.717) is 23.8 Å². The van der Waals surface area contributed by atoms with E-state index in [9.17, 15) is 9.90 Å². The van der Waals surface area contributed by atoms with Crippen LogP contribution in [0.3, 0.4) is 0 Å². The van der Waals surface area contributed by atoms with Crippen molar-refractivity contribution in [1.82, 2.24) is 9.88 Å². The third-order valence-corrected chi connectivity index (χ3v) is 4.31. The molecule has 1 aromatic heterocycles. The Morgan fingerprint density at radius 2 is 1.95 bits per heavy atom. The number of rotatable bonds is 7. The molecule has 0 atom stereocenters. The number of nitrogens with zero attached hydrogens (tertiary/aromatic N) is 2. The van der Waals surface area contributed by atoms with Crippen LogP contribution in [0.15, 0.2) is 30.3 Å². The maximum Gasteiger partial charge on any atom is 0.347 e. The highest BCUT2D eigenvalue weighted by molar-refractivity contribution is 7.13. The number of aromatic nitrogens is 1. The van der Waals surface area contributed by atoms with Crippen molar-refractivity contribution in [3.63, 3.8) is 0 Å². The number of carbonyl (C=O) groups is 1. The molecule has 0 radical (unpaired) electrons. The molecule has 0 amide bonds. The Morgan fingerprint density at radius 3 is 2.55 bits per heavy atom. The Labute approximate surface area is 135 Å². The summed E-state index contributed by atoms with van der Waals surface area (Å²) in [6, 6.07) is 10.2. The maximum absolute atomic E-state index is 11.4. The predicted molar refractivity (Wildman–Crippen MR) is 89.2 cm³/mol. The number of hydrogen-bond acceptors (Lipinski definition) is 4. The molecule has 0 fully saturated rings. The fourth-order valence-corrected chi connectivity index (χ4v) is 3.35. The fraction of sp³-hybridized carbons (Fsp3) is 0.412. The van der Waals surface area contributed by atoms with E-state index in [4.69, 9.17) is 0 Å². The van der Waals surface area contributed by atoms with Crippen LogP contribution in [0.4, 0.5) is 0 Å². The van der Waals surface area contributed by atoms with E-state index in [1.807, 2.05) is 25.2 Å². The van der Waals surface area contributed by atoms with Gasteiger partial charge in [0.15, 0.2) is 0 Å². The van der Waals surface area contributed by atoms with Crippen molar-refractivity contribution in [1.29, 1.82) is 0 Å². The zero-order valence-electron chi connectivity index (χ0n) is 13.2. The van der Waals surface area contributed by atoms with Crippen LogP contribution in [-0.2, 0) is 19.5 Å². The number of benzene rings is 1. The van der Waals surface area contributed by atoms with Gasteiger partial charge in [-0.1, -0.05) is 44.2 Å². The normalized spacial score (nSPS) is 11.3. The molecule has 0 spiro atoms. The first kappa shape index (κ1) is 16.6. The molecule has 0 bridgehead atoms. The first-order valence-electron chi connectivity index (χ1n) is 7.40. The topological polar surface area (TPSA) is 53.4 Å². The molecule has 0 unspecified atom stereocenters. The molecule has 0 aliphatic heterocycles. The van der Waals surface area contributed by atoms with Gasteiger partial charge >= 0.3 is 5.97 Å². The molecule has 2 aromatic rings. The number of hydrogen-bond donors (Lipinski definition) is 1. The first-order chi connectivity index (χ1) is 10.5. The Hall–Kier alpha value is -1.72. The molecule has 0 saturated heterocycles. The lowest BCUT2D eigenvalue weighted by molar-refractivity contribution is 0.0700. The summed E-state index contributed by atoms with van der Waals surface area (Å²) in [6.07, 6.45) is 0.709. The molecule has 5 heteroatoms. The molecule has 1 N–H and O–H groups in total. The minimum atomic E-state index is -0.870. The summed E-state index contributed by atoms with van der Waals surface area (Å²) in [5.41, 5.74) is 1.96. The average molecular weight is 318 g/mol. The van der Waals surface area contributed by atoms with Crippen LogP contribution in [0.1, 0.15) is 39.8 Å². The lowest BCUT2D eigenvalue weighted by Crippen LogP contribution is -2.17. The van der Waals surface area contributed by atoms with Gasteiger partial charge in [0.2, 0.25) is 0 Å². The summed E-state index contributed by atoms with van der Waals surface area (Å²) in [4.78, 5) is 18.4. The summed E-state index contributed by atoms with van der Waals surface area (Å²) in [6.45, 7) is 5.64. The standard InChI is InChI=1S/C17H22N2O2S/c1-12(2)9-14-16(17(20)21)22-15(18-14)11-19(3)10-13-7-5-4-6-8-13/h4-8,12H,9-11H2,1-3H3,(H,20,21). The van der Waals surface area contributed by atoms with Gasteiger partial charge < -0.3 is 5.11 Å². The lowest BCUT2D eigenvalue weighted by atomic mass is 10.1.